The SMILES string of the molecule is CC(C)COc1ccc(F)cc1C(C)O. The molecule has 0 radical (unpaired) electrons. The van der Waals surface area contributed by atoms with E-state index in [4.69, 9.17) is 4.74 Å². The molecule has 1 N–H and O–H groups in total. The Bertz CT molecular complexity index is 321. The minimum absolute atomic E-state index is 0.359. The molecule has 0 spiro atoms. The van der Waals surface area contributed by atoms with Crippen molar-refractivity contribution in [3.63, 3.8) is 0 Å². The number of rotatable bonds is 4. The third kappa shape index (κ3) is 3.51. The van der Waals surface area contributed by atoms with Gasteiger partial charge in [-0.3, -0.25) is 0 Å². The fraction of sp³-hybridized carbons (Fsp3) is 0.500. The van der Waals surface area contributed by atoms with Crippen LogP contribution in [-0.2, 0) is 0 Å². The van der Waals surface area contributed by atoms with E-state index in [-0.39, 0.29) is 5.82 Å². The van der Waals surface area contributed by atoms with Crippen LogP contribution in [0.1, 0.15) is 32.4 Å². The maximum Gasteiger partial charge on any atom is 0.125 e. The number of benzene rings is 1. The van der Waals surface area contributed by atoms with Crippen molar-refractivity contribution in [2.75, 3.05) is 6.61 Å². The topological polar surface area (TPSA) is 29.5 Å². The fourth-order valence-corrected chi connectivity index (χ4v) is 1.23. The Labute approximate surface area is 89.7 Å². The van der Waals surface area contributed by atoms with Crippen molar-refractivity contribution in [2.45, 2.75) is 26.9 Å². The lowest BCUT2D eigenvalue weighted by Crippen LogP contribution is -2.07. The first-order valence-corrected chi connectivity index (χ1v) is 5.11. The molecule has 0 fully saturated rings. The standard InChI is InChI=1S/C12H17FO2/c1-8(2)7-15-12-5-4-10(13)6-11(12)9(3)14/h4-6,8-9,14H,7H2,1-3H3. The molecule has 0 aromatic heterocycles. The Balaban J connectivity index is 2.86. The van der Waals surface area contributed by atoms with Gasteiger partial charge in [0.2, 0.25) is 0 Å². The number of hydrogen-bond donors (Lipinski definition) is 1. The van der Waals surface area contributed by atoms with Gasteiger partial charge < -0.3 is 9.84 Å². The van der Waals surface area contributed by atoms with Crippen molar-refractivity contribution in [3.8, 4) is 5.75 Å². The summed E-state index contributed by atoms with van der Waals surface area (Å²) in [5.41, 5.74) is 0.496. The second-order valence-electron chi connectivity index (χ2n) is 4.06. The van der Waals surface area contributed by atoms with Gasteiger partial charge in [0.15, 0.2) is 0 Å². The van der Waals surface area contributed by atoms with E-state index in [1.54, 1.807) is 13.0 Å². The van der Waals surface area contributed by atoms with E-state index in [9.17, 15) is 9.50 Å². The van der Waals surface area contributed by atoms with E-state index in [2.05, 4.69) is 0 Å². The van der Waals surface area contributed by atoms with E-state index in [1.165, 1.54) is 12.1 Å². The van der Waals surface area contributed by atoms with Crippen LogP contribution >= 0.6 is 0 Å². The molecule has 0 amide bonds. The van der Waals surface area contributed by atoms with Crippen molar-refractivity contribution in [3.05, 3.63) is 29.6 Å². The van der Waals surface area contributed by atoms with Crippen LogP contribution in [0.15, 0.2) is 18.2 Å². The molecule has 0 heterocycles. The van der Waals surface area contributed by atoms with Crippen LogP contribution in [0.3, 0.4) is 0 Å². The molecule has 0 aliphatic rings. The summed E-state index contributed by atoms with van der Waals surface area (Å²) in [5, 5.41) is 9.45. The van der Waals surface area contributed by atoms with Gasteiger partial charge >= 0.3 is 0 Å². The van der Waals surface area contributed by atoms with Crippen LogP contribution in [-0.4, -0.2) is 11.7 Å². The van der Waals surface area contributed by atoms with Gasteiger partial charge in [-0.25, -0.2) is 4.39 Å². The van der Waals surface area contributed by atoms with Gasteiger partial charge in [0.05, 0.1) is 12.7 Å². The molecule has 0 aliphatic heterocycles. The highest BCUT2D eigenvalue weighted by molar-refractivity contribution is 5.35. The summed E-state index contributed by atoms with van der Waals surface area (Å²) >= 11 is 0. The second kappa shape index (κ2) is 5.12. The first kappa shape index (κ1) is 12.0. The summed E-state index contributed by atoms with van der Waals surface area (Å²) in [7, 11) is 0. The lowest BCUT2D eigenvalue weighted by molar-refractivity contribution is 0.187. The van der Waals surface area contributed by atoms with Gasteiger partial charge in [0.25, 0.3) is 0 Å². The smallest absolute Gasteiger partial charge is 0.125 e. The molecule has 1 unspecified atom stereocenters. The Morgan fingerprint density at radius 1 is 1.33 bits per heavy atom. The summed E-state index contributed by atoms with van der Waals surface area (Å²) in [6.45, 7) is 6.22. The molecule has 2 nitrogen and oxygen atoms in total. The number of hydrogen-bond acceptors (Lipinski definition) is 2. The molecule has 0 saturated heterocycles. The summed E-state index contributed by atoms with van der Waals surface area (Å²) in [4.78, 5) is 0. The largest absolute Gasteiger partial charge is 0.493 e. The molecule has 84 valence electrons. The predicted octanol–water partition coefficient (Wildman–Crippen LogP) is 2.91. The third-order valence-electron chi connectivity index (χ3n) is 1.99. The first-order chi connectivity index (χ1) is 7.00. The molecule has 1 atom stereocenters. The zero-order valence-corrected chi connectivity index (χ0v) is 9.33. The summed E-state index contributed by atoms with van der Waals surface area (Å²) in [6.07, 6.45) is -0.720. The van der Waals surface area contributed by atoms with Gasteiger partial charge in [0.1, 0.15) is 11.6 Å². The van der Waals surface area contributed by atoms with E-state index < -0.39 is 6.10 Å². The summed E-state index contributed by atoms with van der Waals surface area (Å²) in [6, 6.07) is 4.20. The Morgan fingerprint density at radius 3 is 2.53 bits per heavy atom. The van der Waals surface area contributed by atoms with Gasteiger partial charge in [-0.2, -0.15) is 0 Å². The molecule has 3 heteroatoms. The molecule has 1 aromatic carbocycles. The van der Waals surface area contributed by atoms with Crippen molar-refractivity contribution < 1.29 is 14.2 Å². The zero-order valence-electron chi connectivity index (χ0n) is 9.33. The van der Waals surface area contributed by atoms with E-state index in [1.807, 2.05) is 13.8 Å². The second-order valence-corrected chi connectivity index (χ2v) is 4.06. The molecular weight excluding hydrogens is 195 g/mol. The average Bonchev–Trinajstić information content (AvgIpc) is 2.15. The highest BCUT2D eigenvalue weighted by Gasteiger charge is 2.10. The van der Waals surface area contributed by atoms with E-state index >= 15 is 0 Å². The molecule has 1 aromatic rings. The Morgan fingerprint density at radius 2 is 2.00 bits per heavy atom. The van der Waals surface area contributed by atoms with E-state index in [0.717, 1.165) is 0 Å². The minimum atomic E-state index is -0.720. The maximum atomic E-state index is 12.9. The lowest BCUT2D eigenvalue weighted by Gasteiger charge is -2.14. The highest BCUT2D eigenvalue weighted by atomic mass is 19.1. The maximum absolute atomic E-state index is 12.9. The molecule has 1 rings (SSSR count). The number of aliphatic hydroxyl groups excluding tert-OH is 1. The molecule has 15 heavy (non-hydrogen) atoms. The van der Waals surface area contributed by atoms with Crippen LogP contribution < -0.4 is 4.74 Å². The highest BCUT2D eigenvalue weighted by Crippen LogP contribution is 2.26. The van der Waals surface area contributed by atoms with Crippen molar-refractivity contribution in [1.29, 1.82) is 0 Å². The van der Waals surface area contributed by atoms with Crippen LogP contribution in [0.5, 0.6) is 5.75 Å². The van der Waals surface area contributed by atoms with Crippen LogP contribution in [0.4, 0.5) is 4.39 Å². The minimum Gasteiger partial charge on any atom is -0.493 e. The van der Waals surface area contributed by atoms with Crippen molar-refractivity contribution >= 4 is 0 Å². The molecule has 0 aliphatic carbocycles. The van der Waals surface area contributed by atoms with Crippen molar-refractivity contribution in [1.82, 2.24) is 0 Å². The summed E-state index contributed by atoms with van der Waals surface area (Å²) < 4.78 is 18.4. The zero-order chi connectivity index (χ0) is 11.4. The average molecular weight is 212 g/mol. The summed E-state index contributed by atoms with van der Waals surface area (Å²) in [5.74, 6) is 0.597. The Hall–Kier alpha value is -1.09. The fourth-order valence-electron chi connectivity index (χ4n) is 1.23. The van der Waals surface area contributed by atoms with Gasteiger partial charge in [-0.15, -0.1) is 0 Å². The third-order valence-corrected chi connectivity index (χ3v) is 1.99. The van der Waals surface area contributed by atoms with Gasteiger partial charge in [-0.1, -0.05) is 13.8 Å². The molecule has 0 bridgehead atoms. The predicted molar refractivity (Wildman–Crippen MR) is 57.4 cm³/mol. The van der Waals surface area contributed by atoms with Crippen LogP contribution in [0.25, 0.3) is 0 Å². The number of halogens is 1. The van der Waals surface area contributed by atoms with Gasteiger partial charge in [0, 0.05) is 5.56 Å². The van der Waals surface area contributed by atoms with Crippen LogP contribution in [0.2, 0.25) is 0 Å². The number of aliphatic hydroxyl groups is 1. The van der Waals surface area contributed by atoms with Crippen molar-refractivity contribution in [2.24, 2.45) is 5.92 Å². The normalized spacial score (nSPS) is 12.9. The molecule has 0 saturated carbocycles. The van der Waals surface area contributed by atoms with Crippen LogP contribution in [0, 0.1) is 11.7 Å². The Kier molecular flexibility index (Phi) is 4.09. The first-order valence-electron chi connectivity index (χ1n) is 5.11. The lowest BCUT2D eigenvalue weighted by atomic mass is 10.1. The molecular formula is C12H17FO2. The quantitative estimate of drug-likeness (QED) is 0.831. The monoisotopic (exact) mass is 212 g/mol. The van der Waals surface area contributed by atoms with E-state index in [0.29, 0.717) is 23.8 Å². The number of ether oxygens (including phenoxy) is 1. The van der Waals surface area contributed by atoms with Gasteiger partial charge in [-0.05, 0) is 31.0 Å².